The van der Waals surface area contributed by atoms with Crippen LogP contribution in [0.1, 0.15) is 34.4 Å². The Kier molecular flexibility index (Phi) is 6.58. The van der Waals surface area contributed by atoms with E-state index < -0.39 is 0 Å². The molecule has 1 fully saturated rings. The van der Waals surface area contributed by atoms with Gasteiger partial charge in [-0.05, 0) is 50.6 Å². The summed E-state index contributed by atoms with van der Waals surface area (Å²) in [6.07, 6.45) is 1.53. The maximum absolute atomic E-state index is 12.5. The summed E-state index contributed by atoms with van der Waals surface area (Å²) in [5.41, 5.74) is 4.26. The molecule has 0 radical (unpaired) electrons. The van der Waals surface area contributed by atoms with Crippen LogP contribution in [0.5, 0.6) is 0 Å². The standard InChI is InChI=1S/C24H30N6O2/c1-4-25-24(29-13-11-28(12-14-29)23(31)22-10-7-15-32-22)26-17-20-8-5-6-9-21(20)30-19(3)16-18(2)27-30/h5-10,15-16H,4,11-14,17H2,1-3H3,(H,25,26). The second-order valence-corrected chi connectivity index (χ2v) is 7.89. The number of para-hydroxylation sites is 1. The van der Waals surface area contributed by atoms with Gasteiger partial charge in [-0.3, -0.25) is 4.79 Å². The first-order chi connectivity index (χ1) is 15.6. The smallest absolute Gasteiger partial charge is 0.289 e. The van der Waals surface area contributed by atoms with E-state index >= 15 is 0 Å². The number of nitrogens with zero attached hydrogens (tertiary/aromatic N) is 5. The van der Waals surface area contributed by atoms with Gasteiger partial charge >= 0.3 is 0 Å². The number of hydrogen-bond donors (Lipinski definition) is 1. The van der Waals surface area contributed by atoms with Crippen molar-refractivity contribution in [1.82, 2.24) is 24.9 Å². The Hall–Kier alpha value is -3.55. The van der Waals surface area contributed by atoms with Crippen molar-refractivity contribution < 1.29 is 9.21 Å². The van der Waals surface area contributed by atoms with Crippen molar-refractivity contribution in [3.63, 3.8) is 0 Å². The largest absolute Gasteiger partial charge is 0.459 e. The van der Waals surface area contributed by atoms with Gasteiger partial charge < -0.3 is 19.5 Å². The summed E-state index contributed by atoms with van der Waals surface area (Å²) < 4.78 is 7.24. The molecule has 0 saturated carbocycles. The van der Waals surface area contributed by atoms with Gasteiger partial charge in [0.2, 0.25) is 0 Å². The van der Waals surface area contributed by atoms with E-state index in [2.05, 4.69) is 47.4 Å². The average Bonchev–Trinajstić information content (AvgIpc) is 3.46. The van der Waals surface area contributed by atoms with Crippen LogP contribution in [0.3, 0.4) is 0 Å². The highest BCUT2D eigenvalue weighted by Crippen LogP contribution is 2.18. The number of hydrogen-bond acceptors (Lipinski definition) is 4. The summed E-state index contributed by atoms with van der Waals surface area (Å²) in [5.74, 6) is 1.19. The van der Waals surface area contributed by atoms with E-state index in [0.29, 0.717) is 25.4 Å². The Labute approximate surface area is 188 Å². The molecule has 0 bridgehead atoms. The third-order valence-electron chi connectivity index (χ3n) is 5.56. The number of carbonyl (C=O) groups excluding carboxylic acids is 1. The van der Waals surface area contributed by atoms with Crippen LogP contribution in [0.4, 0.5) is 0 Å². The van der Waals surface area contributed by atoms with E-state index in [1.165, 1.54) is 6.26 Å². The minimum absolute atomic E-state index is 0.0598. The highest BCUT2D eigenvalue weighted by molar-refractivity contribution is 5.91. The van der Waals surface area contributed by atoms with Crippen molar-refractivity contribution >= 4 is 11.9 Å². The summed E-state index contributed by atoms with van der Waals surface area (Å²) in [6.45, 7) is 10.2. The fourth-order valence-electron chi connectivity index (χ4n) is 3.99. The van der Waals surface area contributed by atoms with Gasteiger partial charge in [0.1, 0.15) is 0 Å². The second-order valence-electron chi connectivity index (χ2n) is 7.89. The molecule has 1 N–H and O–H groups in total. The second kappa shape index (κ2) is 9.72. The highest BCUT2D eigenvalue weighted by atomic mass is 16.3. The van der Waals surface area contributed by atoms with E-state index in [4.69, 9.17) is 9.41 Å². The Bertz CT molecular complexity index is 1080. The molecule has 1 aliphatic rings. The maximum Gasteiger partial charge on any atom is 0.289 e. The molecule has 1 aliphatic heterocycles. The summed E-state index contributed by atoms with van der Waals surface area (Å²) in [7, 11) is 0. The van der Waals surface area contributed by atoms with Gasteiger partial charge in [0.25, 0.3) is 5.91 Å². The summed E-state index contributed by atoms with van der Waals surface area (Å²) in [4.78, 5) is 21.5. The summed E-state index contributed by atoms with van der Waals surface area (Å²) >= 11 is 0. The lowest BCUT2D eigenvalue weighted by Gasteiger charge is -2.36. The van der Waals surface area contributed by atoms with Crippen LogP contribution in [0.15, 0.2) is 58.1 Å². The minimum atomic E-state index is -0.0598. The van der Waals surface area contributed by atoms with Crippen LogP contribution < -0.4 is 5.32 Å². The first-order valence-corrected chi connectivity index (χ1v) is 11.0. The van der Waals surface area contributed by atoms with Crippen molar-refractivity contribution in [1.29, 1.82) is 0 Å². The molecule has 0 aliphatic carbocycles. The molecule has 0 unspecified atom stereocenters. The minimum Gasteiger partial charge on any atom is -0.459 e. The van der Waals surface area contributed by atoms with E-state index in [-0.39, 0.29) is 5.91 Å². The zero-order chi connectivity index (χ0) is 22.5. The van der Waals surface area contributed by atoms with Crippen molar-refractivity contribution in [2.24, 2.45) is 4.99 Å². The average molecular weight is 435 g/mol. The predicted molar refractivity (Wildman–Crippen MR) is 124 cm³/mol. The summed E-state index contributed by atoms with van der Waals surface area (Å²) in [5, 5.41) is 8.04. The van der Waals surface area contributed by atoms with Crippen LogP contribution in [0.2, 0.25) is 0 Å². The molecular formula is C24H30N6O2. The third-order valence-corrected chi connectivity index (χ3v) is 5.56. The predicted octanol–water partition coefficient (Wildman–Crippen LogP) is 3.01. The lowest BCUT2D eigenvalue weighted by Crippen LogP contribution is -2.53. The van der Waals surface area contributed by atoms with Gasteiger partial charge in [-0.15, -0.1) is 0 Å². The topological polar surface area (TPSA) is 78.9 Å². The van der Waals surface area contributed by atoms with E-state index in [9.17, 15) is 4.79 Å². The molecule has 8 heteroatoms. The van der Waals surface area contributed by atoms with Gasteiger partial charge in [0.15, 0.2) is 11.7 Å². The fraction of sp³-hybridized carbons (Fsp3) is 0.375. The van der Waals surface area contributed by atoms with Crippen LogP contribution >= 0.6 is 0 Å². The van der Waals surface area contributed by atoms with Crippen LogP contribution in [-0.4, -0.2) is 64.2 Å². The molecule has 2 aromatic heterocycles. The zero-order valence-corrected chi connectivity index (χ0v) is 18.9. The van der Waals surface area contributed by atoms with Gasteiger partial charge in [-0.1, -0.05) is 18.2 Å². The first-order valence-electron chi connectivity index (χ1n) is 11.0. The number of guanidine groups is 1. The monoisotopic (exact) mass is 434 g/mol. The Morgan fingerprint density at radius 3 is 2.50 bits per heavy atom. The number of aliphatic imine (C=N–C) groups is 1. The Morgan fingerprint density at radius 1 is 1.09 bits per heavy atom. The number of carbonyl (C=O) groups is 1. The molecule has 1 aromatic carbocycles. The zero-order valence-electron chi connectivity index (χ0n) is 18.9. The molecule has 0 spiro atoms. The van der Waals surface area contributed by atoms with E-state index in [1.807, 2.05) is 28.6 Å². The number of piperazine rings is 1. The number of aromatic nitrogens is 2. The SMILES string of the molecule is CCNC(=NCc1ccccc1-n1nc(C)cc1C)N1CCN(C(=O)c2ccco2)CC1. The number of aryl methyl sites for hydroxylation is 2. The van der Waals surface area contributed by atoms with E-state index in [1.54, 1.807) is 12.1 Å². The molecule has 3 heterocycles. The molecule has 32 heavy (non-hydrogen) atoms. The van der Waals surface area contributed by atoms with Crippen LogP contribution in [0, 0.1) is 13.8 Å². The third kappa shape index (κ3) is 4.69. The number of benzene rings is 1. The molecule has 168 valence electrons. The molecule has 8 nitrogen and oxygen atoms in total. The van der Waals surface area contributed by atoms with Crippen molar-refractivity contribution in [2.75, 3.05) is 32.7 Å². The normalized spacial score (nSPS) is 14.7. The molecule has 0 atom stereocenters. The molecule has 4 rings (SSSR count). The number of furan rings is 1. The molecule has 1 saturated heterocycles. The Balaban J connectivity index is 1.47. The Morgan fingerprint density at radius 2 is 1.84 bits per heavy atom. The van der Waals surface area contributed by atoms with E-state index in [0.717, 1.165) is 48.2 Å². The molecular weight excluding hydrogens is 404 g/mol. The fourth-order valence-corrected chi connectivity index (χ4v) is 3.99. The van der Waals surface area contributed by atoms with Gasteiger partial charge in [-0.2, -0.15) is 5.10 Å². The van der Waals surface area contributed by atoms with Crippen molar-refractivity contribution in [3.05, 3.63) is 71.4 Å². The van der Waals surface area contributed by atoms with Crippen LogP contribution in [0.25, 0.3) is 5.69 Å². The maximum atomic E-state index is 12.5. The quantitative estimate of drug-likeness (QED) is 0.493. The molecule has 3 aromatic rings. The van der Waals surface area contributed by atoms with Gasteiger partial charge in [0.05, 0.1) is 24.2 Å². The number of amides is 1. The van der Waals surface area contributed by atoms with Crippen molar-refractivity contribution in [3.8, 4) is 5.69 Å². The number of nitrogens with one attached hydrogen (secondary N) is 1. The lowest BCUT2D eigenvalue weighted by molar-refractivity contribution is 0.0657. The number of rotatable bonds is 5. The highest BCUT2D eigenvalue weighted by Gasteiger charge is 2.25. The summed E-state index contributed by atoms with van der Waals surface area (Å²) in [6, 6.07) is 13.8. The van der Waals surface area contributed by atoms with Gasteiger partial charge in [-0.25, -0.2) is 9.67 Å². The van der Waals surface area contributed by atoms with Crippen LogP contribution in [-0.2, 0) is 6.54 Å². The lowest BCUT2D eigenvalue weighted by atomic mass is 10.2. The van der Waals surface area contributed by atoms with Gasteiger partial charge in [0, 0.05) is 38.4 Å². The first kappa shape index (κ1) is 21.7. The van der Waals surface area contributed by atoms with Crippen molar-refractivity contribution in [2.45, 2.75) is 27.3 Å². The molecule has 1 amide bonds.